The average Bonchev–Trinajstić information content (AvgIpc) is 2.38. The van der Waals surface area contributed by atoms with Crippen LogP contribution in [0, 0.1) is 17.3 Å². The van der Waals surface area contributed by atoms with E-state index in [1.165, 1.54) is 57.9 Å². The number of unbranched alkanes of at least 4 members (excludes halogenated alkanes) is 1. The van der Waals surface area contributed by atoms with Crippen LogP contribution in [0.4, 0.5) is 0 Å². The molecule has 0 amide bonds. The van der Waals surface area contributed by atoms with E-state index in [0.717, 1.165) is 17.9 Å². The summed E-state index contributed by atoms with van der Waals surface area (Å²) in [5.74, 6) is 1.84. The Labute approximate surface area is 121 Å². The normalized spacial score (nSPS) is 26.4. The standard InChI is InChI=1S/C18H37N/c1-6-8-9-15(7-2)14-19-17-12-10-16(11-13-17)18(3,4)5/h15-17,19H,6-14H2,1-5H3. The van der Waals surface area contributed by atoms with Crippen molar-refractivity contribution in [1.29, 1.82) is 0 Å². The Balaban J connectivity index is 2.21. The average molecular weight is 268 g/mol. The van der Waals surface area contributed by atoms with Crippen molar-refractivity contribution in [3.05, 3.63) is 0 Å². The van der Waals surface area contributed by atoms with Gasteiger partial charge in [0.05, 0.1) is 0 Å². The fourth-order valence-electron chi connectivity index (χ4n) is 3.44. The van der Waals surface area contributed by atoms with Gasteiger partial charge < -0.3 is 5.32 Å². The first kappa shape index (κ1) is 17.0. The predicted octanol–water partition coefficient (Wildman–Crippen LogP) is 5.40. The first-order chi connectivity index (χ1) is 8.97. The SMILES string of the molecule is CCCCC(CC)CNC1CCC(C(C)(C)C)CC1. The van der Waals surface area contributed by atoms with E-state index in [0.29, 0.717) is 5.41 Å². The molecule has 0 saturated heterocycles. The van der Waals surface area contributed by atoms with Crippen LogP contribution in [0.3, 0.4) is 0 Å². The second kappa shape index (κ2) is 8.29. The topological polar surface area (TPSA) is 12.0 Å². The largest absolute Gasteiger partial charge is 0.314 e. The summed E-state index contributed by atoms with van der Waals surface area (Å²) in [6, 6.07) is 0.800. The zero-order valence-corrected chi connectivity index (χ0v) is 14.1. The molecular formula is C18H37N. The summed E-state index contributed by atoms with van der Waals surface area (Å²) < 4.78 is 0. The quantitative estimate of drug-likeness (QED) is 0.651. The van der Waals surface area contributed by atoms with Crippen molar-refractivity contribution in [3.63, 3.8) is 0 Å². The number of nitrogens with one attached hydrogen (secondary N) is 1. The molecule has 19 heavy (non-hydrogen) atoms. The van der Waals surface area contributed by atoms with Crippen LogP contribution in [0.5, 0.6) is 0 Å². The third-order valence-electron chi connectivity index (χ3n) is 5.19. The minimum Gasteiger partial charge on any atom is -0.314 e. The molecule has 0 spiro atoms. The van der Waals surface area contributed by atoms with Gasteiger partial charge in [-0.25, -0.2) is 0 Å². The molecule has 1 N–H and O–H groups in total. The maximum atomic E-state index is 3.85. The third-order valence-corrected chi connectivity index (χ3v) is 5.19. The maximum absolute atomic E-state index is 3.85. The zero-order chi connectivity index (χ0) is 14.3. The molecule has 1 atom stereocenters. The van der Waals surface area contributed by atoms with Gasteiger partial charge in [-0.15, -0.1) is 0 Å². The highest BCUT2D eigenvalue weighted by Crippen LogP contribution is 2.37. The van der Waals surface area contributed by atoms with Gasteiger partial charge in [0.1, 0.15) is 0 Å². The van der Waals surface area contributed by atoms with Crippen molar-refractivity contribution < 1.29 is 0 Å². The van der Waals surface area contributed by atoms with E-state index in [9.17, 15) is 0 Å². The minimum absolute atomic E-state index is 0.512. The smallest absolute Gasteiger partial charge is 0.00673 e. The van der Waals surface area contributed by atoms with E-state index in [1.54, 1.807) is 0 Å². The van der Waals surface area contributed by atoms with E-state index in [1.807, 2.05) is 0 Å². The van der Waals surface area contributed by atoms with Crippen molar-refractivity contribution in [2.75, 3.05) is 6.54 Å². The molecule has 0 bridgehead atoms. The summed E-state index contributed by atoms with van der Waals surface area (Å²) in [6.07, 6.45) is 11.1. The van der Waals surface area contributed by atoms with E-state index in [-0.39, 0.29) is 0 Å². The summed E-state index contributed by atoms with van der Waals surface area (Å²) in [5.41, 5.74) is 0.512. The second-order valence-electron chi connectivity index (χ2n) is 7.74. The Morgan fingerprint density at radius 2 is 1.68 bits per heavy atom. The van der Waals surface area contributed by atoms with Crippen LogP contribution in [-0.4, -0.2) is 12.6 Å². The fourth-order valence-corrected chi connectivity index (χ4v) is 3.44. The van der Waals surface area contributed by atoms with E-state index in [4.69, 9.17) is 0 Å². The first-order valence-electron chi connectivity index (χ1n) is 8.70. The van der Waals surface area contributed by atoms with Crippen LogP contribution < -0.4 is 5.32 Å². The Morgan fingerprint density at radius 3 is 2.16 bits per heavy atom. The van der Waals surface area contributed by atoms with Crippen LogP contribution >= 0.6 is 0 Å². The molecule has 1 aliphatic carbocycles. The van der Waals surface area contributed by atoms with Gasteiger partial charge >= 0.3 is 0 Å². The van der Waals surface area contributed by atoms with Gasteiger partial charge in [0.2, 0.25) is 0 Å². The highest BCUT2D eigenvalue weighted by Gasteiger charge is 2.29. The molecule has 0 aliphatic heterocycles. The molecule has 1 saturated carbocycles. The van der Waals surface area contributed by atoms with Crippen molar-refractivity contribution >= 4 is 0 Å². The predicted molar refractivity (Wildman–Crippen MR) is 86.5 cm³/mol. The Hall–Kier alpha value is -0.0400. The van der Waals surface area contributed by atoms with Crippen LogP contribution in [0.25, 0.3) is 0 Å². The van der Waals surface area contributed by atoms with Crippen LogP contribution in [-0.2, 0) is 0 Å². The van der Waals surface area contributed by atoms with Gasteiger partial charge in [-0.1, -0.05) is 53.9 Å². The molecule has 1 unspecified atom stereocenters. The van der Waals surface area contributed by atoms with Crippen LogP contribution in [0.2, 0.25) is 0 Å². The number of rotatable bonds is 7. The molecule has 1 fully saturated rings. The molecule has 1 heteroatoms. The lowest BCUT2D eigenvalue weighted by atomic mass is 9.71. The summed E-state index contributed by atoms with van der Waals surface area (Å²) in [4.78, 5) is 0. The van der Waals surface area contributed by atoms with Crippen LogP contribution in [0.1, 0.15) is 86.0 Å². The fraction of sp³-hybridized carbons (Fsp3) is 1.00. The van der Waals surface area contributed by atoms with E-state index in [2.05, 4.69) is 39.9 Å². The lowest BCUT2D eigenvalue weighted by Crippen LogP contribution is -2.38. The van der Waals surface area contributed by atoms with Crippen molar-refractivity contribution in [3.8, 4) is 0 Å². The maximum Gasteiger partial charge on any atom is 0.00673 e. The molecular weight excluding hydrogens is 230 g/mol. The van der Waals surface area contributed by atoms with Crippen molar-refractivity contribution in [2.24, 2.45) is 17.3 Å². The molecule has 1 nitrogen and oxygen atoms in total. The summed E-state index contributed by atoms with van der Waals surface area (Å²) in [7, 11) is 0. The molecule has 114 valence electrons. The molecule has 0 heterocycles. The van der Waals surface area contributed by atoms with Gasteiger partial charge in [-0.2, -0.15) is 0 Å². The Kier molecular flexibility index (Phi) is 7.42. The summed E-state index contributed by atoms with van der Waals surface area (Å²) in [6.45, 7) is 13.1. The van der Waals surface area contributed by atoms with Gasteiger partial charge in [-0.3, -0.25) is 0 Å². The molecule has 0 aromatic carbocycles. The first-order valence-corrected chi connectivity index (χ1v) is 8.70. The molecule has 0 aromatic rings. The van der Waals surface area contributed by atoms with Gasteiger partial charge in [0.15, 0.2) is 0 Å². The molecule has 1 rings (SSSR count). The second-order valence-corrected chi connectivity index (χ2v) is 7.74. The third kappa shape index (κ3) is 6.29. The van der Waals surface area contributed by atoms with Crippen LogP contribution in [0.15, 0.2) is 0 Å². The van der Waals surface area contributed by atoms with Gasteiger partial charge in [-0.05, 0) is 55.9 Å². The highest BCUT2D eigenvalue weighted by atomic mass is 14.9. The summed E-state index contributed by atoms with van der Waals surface area (Å²) in [5, 5.41) is 3.85. The van der Waals surface area contributed by atoms with E-state index >= 15 is 0 Å². The molecule has 0 radical (unpaired) electrons. The zero-order valence-electron chi connectivity index (χ0n) is 14.1. The Bertz CT molecular complexity index is 220. The highest BCUT2D eigenvalue weighted by molar-refractivity contribution is 4.83. The minimum atomic E-state index is 0.512. The number of hydrogen-bond acceptors (Lipinski definition) is 1. The Morgan fingerprint density at radius 1 is 1.05 bits per heavy atom. The lowest BCUT2D eigenvalue weighted by molar-refractivity contribution is 0.158. The molecule has 0 aromatic heterocycles. The lowest BCUT2D eigenvalue weighted by Gasteiger charge is -2.37. The van der Waals surface area contributed by atoms with Gasteiger partial charge in [0, 0.05) is 6.04 Å². The molecule has 1 aliphatic rings. The monoisotopic (exact) mass is 267 g/mol. The van der Waals surface area contributed by atoms with Gasteiger partial charge in [0.25, 0.3) is 0 Å². The van der Waals surface area contributed by atoms with E-state index < -0.39 is 0 Å². The summed E-state index contributed by atoms with van der Waals surface area (Å²) >= 11 is 0. The van der Waals surface area contributed by atoms with Crippen molar-refractivity contribution in [1.82, 2.24) is 5.32 Å². The van der Waals surface area contributed by atoms with Crippen molar-refractivity contribution in [2.45, 2.75) is 92.0 Å². The number of hydrogen-bond donors (Lipinski definition) is 1.